The third kappa shape index (κ3) is 2.27. The standard InChI is InChI=1S/C13H8ClN3O3/c1-7-10(6-15)12(18)17(16-11(7)13(19)20)9-4-2-8(14)3-5-9/h2-5H,1H3,(H,19,20). The van der Waals surface area contributed by atoms with Gasteiger partial charge in [0.25, 0.3) is 5.56 Å². The van der Waals surface area contributed by atoms with E-state index in [1.54, 1.807) is 6.07 Å². The van der Waals surface area contributed by atoms with Crippen molar-refractivity contribution in [2.24, 2.45) is 0 Å². The van der Waals surface area contributed by atoms with Crippen LogP contribution in [0.25, 0.3) is 5.69 Å². The molecule has 0 aliphatic rings. The molecule has 1 N–H and O–H groups in total. The number of nitrogens with zero attached hydrogens (tertiary/aromatic N) is 3. The summed E-state index contributed by atoms with van der Waals surface area (Å²) in [6, 6.07) is 7.82. The Hall–Kier alpha value is -2.65. The summed E-state index contributed by atoms with van der Waals surface area (Å²) in [5.41, 5.74) is -0.866. The Morgan fingerprint density at radius 1 is 1.40 bits per heavy atom. The van der Waals surface area contributed by atoms with Gasteiger partial charge in [0, 0.05) is 10.6 Å². The van der Waals surface area contributed by atoms with Gasteiger partial charge in [0.05, 0.1) is 5.69 Å². The lowest BCUT2D eigenvalue weighted by Gasteiger charge is -2.08. The lowest BCUT2D eigenvalue weighted by molar-refractivity contribution is 0.0687. The normalized spacial score (nSPS) is 10.1. The number of nitriles is 1. The molecule has 0 aliphatic carbocycles. The number of carboxylic acids is 1. The lowest BCUT2D eigenvalue weighted by atomic mass is 10.1. The first-order valence-corrected chi connectivity index (χ1v) is 5.86. The van der Waals surface area contributed by atoms with E-state index in [2.05, 4.69) is 5.10 Å². The molecular weight excluding hydrogens is 282 g/mol. The number of benzene rings is 1. The zero-order valence-electron chi connectivity index (χ0n) is 10.3. The fourth-order valence-corrected chi connectivity index (χ4v) is 1.82. The van der Waals surface area contributed by atoms with E-state index in [4.69, 9.17) is 22.0 Å². The average Bonchev–Trinajstić information content (AvgIpc) is 2.40. The molecule has 1 heterocycles. The maximum atomic E-state index is 12.1. The minimum absolute atomic E-state index is 0.0511. The van der Waals surface area contributed by atoms with Crippen LogP contribution in [-0.2, 0) is 0 Å². The number of aromatic carboxylic acids is 1. The average molecular weight is 290 g/mol. The number of aromatic nitrogens is 2. The summed E-state index contributed by atoms with van der Waals surface area (Å²) in [5.74, 6) is -1.30. The minimum Gasteiger partial charge on any atom is -0.476 e. The van der Waals surface area contributed by atoms with Crippen molar-refractivity contribution >= 4 is 17.6 Å². The molecule has 0 radical (unpaired) electrons. The van der Waals surface area contributed by atoms with Crippen LogP contribution in [0.15, 0.2) is 29.1 Å². The van der Waals surface area contributed by atoms with Crippen LogP contribution in [0.3, 0.4) is 0 Å². The van der Waals surface area contributed by atoms with E-state index in [9.17, 15) is 9.59 Å². The topological polar surface area (TPSA) is 96.0 Å². The van der Waals surface area contributed by atoms with Crippen molar-refractivity contribution in [3.05, 3.63) is 56.5 Å². The number of hydrogen-bond acceptors (Lipinski definition) is 4. The third-order valence-corrected chi connectivity index (χ3v) is 2.97. The van der Waals surface area contributed by atoms with Gasteiger partial charge in [-0.25, -0.2) is 4.79 Å². The summed E-state index contributed by atoms with van der Waals surface area (Å²) in [5, 5.41) is 22.4. The number of hydrogen-bond donors (Lipinski definition) is 1. The summed E-state index contributed by atoms with van der Waals surface area (Å²) in [7, 11) is 0. The van der Waals surface area contributed by atoms with Gasteiger partial charge in [-0.1, -0.05) is 11.6 Å². The minimum atomic E-state index is -1.30. The van der Waals surface area contributed by atoms with Crippen molar-refractivity contribution in [2.75, 3.05) is 0 Å². The molecule has 6 nitrogen and oxygen atoms in total. The molecule has 100 valence electrons. The first-order chi connectivity index (χ1) is 9.45. The molecule has 0 aliphatic heterocycles. The summed E-state index contributed by atoms with van der Waals surface area (Å²) in [4.78, 5) is 23.3. The maximum Gasteiger partial charge on any atom is 0.356 e. The predicted octanol–water partition coefficient (Wildman–Crippen LogP) is 1.76. The monoisotopic (exact) mass is 289 g/mol. The molecule has 0 spiro atoms. The molecule has 0 fully saturated rings. The second-order valence-electron chi connectivity index (χ2n) is 3.96. The second kappa shape index (κ2) is 5.15. The SMILES string of the molecule is Cc1c(C(=O)O)nn(-c2ccc(Cl)cc2)c(=O)c1C#N. The molecule has 0 saturated carbocycles. The van der Waals surface area contributed by atoms with Gasteiger partial charge >= 0.3 is 5.97 Å². The van der Waals surface area contributed by atoms with Gasteiger partial charge < -0.3 is 5.11 Å². The Morgan fingerprint density at radius 3 is 2.50 bits per heavy atom. The molecule has 2 aromatic rings. The first kappa shape index (κ1) is 13.8. The molecule has 1 aromatic heterocycles. The van der Waals surface area contributed by atoms with Gasteiger partial charge in [-0.2, -0.15) is 15.0 Å². The Morgan fingerprint density at radius 2 is 2.00 bits per heavy atom. The number of rotatable bonds is 2. The summed E-state index contributed by atoms with van der Waals surface area (Å²) >= 11 is 5.75. The summed E-state index contributed by atoms with van der Waals surface area (Å²) in [6.45, 7) is 1.38. The highest BCUT2D eigenvalue weighted by Gasteiger charge is 2.19. The zero-order valence-corrected chi connectivity index (χ0v) is 11.0. The van der Waals surface area contributed by atoms with Crippen molar-refractivity contribution in [1.29, 1.82) is 5.26 Å². The fraction of sp³-hybridized carbons (Fsp3) is 0.0769. The van der Waals surface area contributed by atoms with Crippen LogP contribution < -0.4 is 5.56 Å². The highest BCUT2D eigenvalue weighted by atomic mass is 35.5. The Labute approximate surface area is 118 Å². The van der Waals surface area contributed by atoms with Crippen molar-refractivity contribution in [3.63, 3.8) is 0 Å². The number of carboxylic acid groups (broad SMARTS) is 1. The number of carbonyl (C=O) groups is 1. The van der Waals surface area contributed by atoms with E-state index in [1.807, 2.05) is 0 Å². The molecule has 7 heteroatoms. The van der Waals surface area contributed by atoms with Gasteiger partial charge in [-0.15, -0.1) is 0 Å². The first-order valence-electron chi connectivity index (χ1n) is 5.49. The van der Waals surface area contributed by atoms with Gasteiger partial charge in [-0.3, -0.25) is 4.79 Å². The van der Waals surface area contributed by atoms with E-state index in [1.165, 1.54) is 31.2 Å². The van der Waals surface area contributed by atoms with Crippen LogP contribution in [-0.4, -0.2) is 20.9 Å². The quantitative estimate of drug-likeness (QED) is 0.909. The zero-order chi connectivity index (χ0) is 14.9. The number of halogens is 1. The van der Waals surface area contributed by atoms with E-state index in [-0.39, 0.29) is 16.8 Å². The Bertz CT molecular complexity index is 788. The fourth-order valence-electron chi connectivity index (χ4n) is 1.70. The van der Waals surface area contributed by atoms with E-state index >= 15 is 0 Å². The molecule has 0 bridgehead atoms. The van der Waals surface area contributed by atoms with Crippen LogP contribution in [0.1, 0.15) is 21.6 Å². The van der Waals surface area contributed by atoms with Crippen LogP contribution in [0.5, 0.6) is 0 Å². The molecule has 20 heavy (non-hydrogen) atoms. The summed E-state index contributed by atoms with van der Waals surface area (Å²) < 4.78 is 0.880. The van der Waals surface area contributed by atoms with Crippen molar-refractivity contribution in [2.45, 2.75) is 6.92 Å². The van der Waals surface area contributed by atoms with Crippen LogP contribution in [0.4, 0.5) is 0 Å². The smallest absolute Gasteiger partial charge is 0.356 e. The maximum absolute atomic E-state index is 12.1. The van der Waals surface area contributed by atoms with E-state index in [0.29, 0.717) is 10.7 Å². The van der Waals surface area contributed by atoms with E-state index in [0.717, 1.165) is 4.68 Å². The molecule has 0 amide bonds. The van der Waals surface area contributed by atoms with Gasteiger partial charge in [0.2, 0.25) is 0 Å². The van der Waals surface area contributed by atoms with E-state index < -0.39 is 11.5 Å². The van der Waals surface area contributed by atoms with Crippen LogP contribution in [0.2, 0.25) is 5.02 Å². The highest BCUT2D eigenvalue weighted by molar-refractivity contribution is 6.30. The largest absolute Gasteiger partial charge is 0.476 e. The molecule has 2 rings (SSSR count). The van der Waals surface area contributed by atoms with Crippen LogP contribution in [0, 0.1) is 18.3 Å². The van der Waals surface area contributed by atoms with Crippen molar-refractivity contribution in [1.82, 2.24) is 9.78 Å². The molecule has 1 aromatic carbocycles. The molecule has 0 saturated heterocycles. The van der Waals surface area contributed by atoms with Gasteiger partial charge in [0.1, 0.15) is 11.6 Å². The molecular formula is C13H8ClN3O3. The predicted molar refractivity (Wildman–Crippen MR) is 71.3 cm³/mol. The Kier molecular flexibility index (Phi) is 3.55. The summed E-state index contributed by atoms with van der Waals surface area (Å²) in [6.07, 6.45) is 0. The lowest BCUT2D eigenvalue weighted by Crippen LogP contribution is -2.28. The molecule has 0 unspecified atom stereocenters. The second-order valence-corrected chi connectivity index (χ2v) is 4.40. The highest BCUT2D eigenvalue weighted by Crippen LogP contribution is 2.13. The molecule has 0 atom stereocenters. The Balaban J connectivity index is 2.81. The van der Waals surface area contributed by atoms with Crippen molar-refractivity contribution in [3.8, 4) is 11.8 Å². The van der Waals surface area contributed by atoms with Crippen LogP contribution >= 0.6 is 11.6 Å². The third-order valence-electron chi connectivity index (χ3n) is 2.72. The van der Waals surface area contributed by atoms with Gasteiger partial charge in [0.15, 0.2) is 5.69 Å². The van der Waals surface area contributed by atoms with Crippen molar-refractivity contribution < 1.29 is 9.90 Å². The van der Waals surface area contributed by atoms with Gasteiger partial charge in [-0.05, 0) is 31.2 Å².